The highest BCUT2D eigenvalue weighted by molar-refractivity contribution is 6.01. The van der Waals surface area contributed by atoms with E-state index in [2.05, 4.69) is 15.6 Å². The van der Waals surface area contributed by atoms with Crippen LogP contribution in [0.3, 0.4) is 0 Å². The number of aliphatic imine (C=N–C) groups is 1. The normalized spacial score (nSPS) is 17.4. The van der Waals surface area contributed by atoms with Crippen molar-refractivity contribution in [2.24, 2.45) is 10.7 Å². The van der Waals surface area contributed by atoms with Gasteiger partial charge in [0.1, 0.15) is 0 Å². The first-order valence-electron chi connectivity index (χ1n) is 6.19. The Balaban J connectivity index is 1.80. The molecule has 0 aromatic carbocycles. The Labute approximate surface area is 106 Å². The van der Waals surface area contributed by atoms with Gasteiger partial charge in [-0.15, -0.1) is 0 Å². The fourth-order valence-corrected chi connectivity index (χ4v) is 2.05. The first-order valence-corrected chi connectivity index (χ1v) is 6.19. The summed E-state index contributed by atoms with van der Waals surface area (Å²) in [6.07, 6.45) is 7.19. The molecule has 1 aliphatic carbocycles. The van der Waals surface area contributed by atoms with Crippen LogP contribution in [-0.2, 0) is 0 Å². The standard InChI is InChI=1S/C12H18N4O2/c13-11(14-9-5-2-1-3-6-9)16-12(17)15-10-7-4-8-18-10/h4,7-9H,1-3,5-6H2,(H4,13,14,15,16,17). The summed E-state index contributed by atoms with van der Waals surface area (Å²) in [7, 11) is 0. The molecule has 6 nitrogen and oxygen atoms in total. The highest BCUT2D eigenvalue weighted by Crippen LogP contribution is 2.19. The van der Waals surface area contributed by atoms with E-state index in [1.165, 1.54) is 25.5 Å². The van der Waals surface area contributed by atoms with Crippen LogP contribution >= 0.6 is 0 Å². The number of amides is 2. The molecule has 0 atom stereocenters. The molecule has 0 unspecified atom stereocenters. The van der Waals surface area contributed by atoms with Gasteiger partial charge in [0, 0.05) is 6.07 Å². The van der Waals surface area contributed by atoms with Crippen molar-refractivity contribution < 1.29 is 9.21 Å². The van der Waals surface area contributed by atoms with Crippen LogP contribution < -0.4 is 16.4 Å². The second-order valence-corrected chi connectivity index (χ2v) is 4.36. The molecule has 98 valence electrons. The molecule has 6 heteroatoms. The Morgan fingerprint density at radius 2 is 2.17 bits per heavy atom. The Morgan fingerprint density at radius 3 is 2.83 bits per heavy atom. The largest absolute Gasteiger partial charge is 0.449 e. The SMILES string of the molecule is NC(=NC1CCCCC1)NC(=O)Nc1ccco1. The molecular weight excluding hydrogens is 232 g/mol. The number of rotatable bonds is 2. The van der Waals surface area contributed by atoms with Gasteiger partial charge in [-0.1, -0.05) is 19.3 Å². The second kappa shape index (κ2) is 6.09. The maximum Gasteiger partial charge on any atom is 0.328 e. The van der Waals surface area contributed by atoms with E-state index in [1.807, 2.05) is 0 Å². The van der Waals surface area contributed by atoms with Crippen LogP contribution in [0, 0.1) is 0 Å². The molecule has 4 N–H and O–H groups in total. The maximum atomic E-state index is 11.5. The van der Waals surface area contributed by atoms with Gasteiger partial charge in [0.05, 0.1) is 12.3 Å². The van der Waals surface area contributed by atoms with Crippen LogP contribution in [0.25, 0.3) is 0 Å². The first-order chi connectivity index (χ1) is 8.74. The predicted molar refractivity (Wildman–Crippen MR) is 69.4 cm³/mol. The zero-order valence-corrected chi connectivity index (χ0v) is 10.2. The molecule has 0 aliphatic heterocycles. The van der Waals surface area contributed by atoms with Gasteiger partial charge in [0.2, 0.25) is 5.88 Å². The smallest absolute Gasteiger partial charge is 0.328 e. The lowest BCUT2D eigenvalue weighted by Gasteiger charge is -2.18. The molecule has 1 aromatic rings. The van der Waals surface area contributed by atoms with Crippen molar-refractivity contribution in [1.82, 2.24) is 5.32 Å². The second-order valence-electron chi connectivity index (χ2n) is 4.36. The lowest BCUT2D eigenvalue weighted by atomic mass is 9.96. The van der Waals surface area contributed by atoms with Crippen molar-refractivity contribution >= 4 is 17.9 Å². The van der Waals surface area contributed by atoms with Gasteiger partial charge in [-0.25, -0.2) is 9.79 Å². The van der Waals surface area contributed by atoms with Gasteiger partial charge in [0.15, 0.2) is 5.96 Å². The Bertz CT molecular complexity index is 408. The minimum Gasteiger partial charge on any atom is -0.449 e. The van der Waals surface area contributed by atoms with Gasteiger partial charge >= 0.3 is 6.03 Å². The Kier molecular flexibility index (Phi) is 4.22. The summed E-state index contributed by atoms with van der Waals surface area (Å²) in [5, 5.41) is 5.00. The topological polar surface area (TPSA) is 92.6 Å². The van der Waals surface area contributed by atoms with Gasteiger partial charge in [-0.3, -0.25) is 10.6 Å². The van der Waals surface area contributed by atoms with Gasteiger partial charge in [0.25, 0.3) is 0 Å². The number of urea groups is 1. The van der Waals surface area contributed by atoms with Crippen LogP contribution in [0.5, 0.6) is 0 Å². The third kappa shape index (κ3) is 3.80. The molecule has 1 saturated carbocycles. The van der Waals surface area contributed by atoms with Crippen molar-refractivity contribution in [2.45, 2.75) is 38.1 Å². The molecule has 0 radical (unpaired) electrons. The summed E-state index contributed by atoms with van der Waals surface area (Å²) in [6.45, 7) is 0. The number of carbonyl (C=O) groups is 1. The average molecular weight is 250 g/mol. The third-order valence-electron chi connectivity index (χ3n) is 2.90. The van der Waals surface area contributed by atoms with Gasteiger partial charge < -0.3 is 10.2 Å². The minimum absolute atomic E-state index is 0.158. The number of carbonyl (C=O) groups excluding carboxylic acids is 1. The van der Waals surface area contributed by atoms with Crippen molar-refractivity contribution in [1.29, 1.82) is 0 Å². The average Bonchev–Trinajstić information content (AvgIpc) is 2.82. The van der Waals surface area contributed by atoms with Gasteiger partial charge in [-0.05, 0) is 18.9 Å². The number of furan rings is 1. The predicted octanol–water partition coefficient (Wildman–Crippen LogP) is 2.05. The van der Waals surface area contributed by atoms with Crippen LogP contribution in [0.4, 0.5) is 10.7 Å². The molecule has 0 saturated heterocycles. The quantitative estimate of drug-likeness (QED) is 0.554. The molecule has 0 bridgehead atoms. The van der Waals surface area contributed by atoms with Crippen LogP contribution in [0.1, 0.15) is 32.1 Å². The number of hydrogen-bond donors (Lipinski definition) is 3. The van der Waals surface area contributed by atoms with Crippen LogP contribution in [-0.4, -0.2) is 18.0 Å². The van der Waals surface area contributed by atoms with E-state index in [1.54, 1.807) is 12.1 Å². The summed E-state index contributed by atoms with van der Waals surface area (Å²) < 4.78 is 4.98. The zero-order valence-electron chi connectivity index (χ0n) is 10.2. The molecule has 2 amide bonds. The summed E-state index contributed by atoms with van der Waals surface area (Å²) in [5.74, 6) is 0.531. The van der Waals surface area contributed by atoms with Gasteiger partial charge in [-0.2, -0.15) is 0 Å². The number of anilines is 1. The van der Waals surface area contributed by atoms with E-state index in [0.717, 1.165) is 12.8 Å². The van der Waals surface area contributed by atoms with E-state index in [9.17, 15) is 4.79 Å². The number of guanidine groups is 1. The lowest BCUT2D eigenvalue weighted by molar-refractivity contribution is 0.255. The summed E-state index contributed by atoms with van der Waals surface area (Å²) >= 11 is 0. The molecule has 1 fully saturated rings. The van der Waals surface area contributed by atoms with E-state index in [0.29, 0.717) is 5.88 Å². The highest BCUT2D eigenvalue weighted by Gasteiger charge is 2.13. The van der Waals surface area contributed by atoms with E-state index in [4.69, 9.17) is 10.2 Å². The molecule has 1 aromatic heterocycles. The molecular formula is C12H18N4O2. The van der Waals surface area contributed by atoms with Crippen molar-refractivity contribution in [3.63, 3.8) is 0 Å². The van der Waals surface area contributed by atoms with Crippen molar-refractivity contribution in [3.05, 3.63) is 18.4 Å². The van der Waals surface area contributed by atoms with Crippen molar-refractivity contribution in [2.75, 3.05) is 5.32 Å². The minimum atomic E-state index is -0.443. The number of hydrogen-bond acceptors (Lipinski definition) is 3. The zero-order chi connectivity index (χ0) is 12.8. The number of nitrogens with one attached hydrogen (secondary N) is 2. The summed E-state index contributed by atoms with van der Waals surface area (Å²) in [5.41, 5.74) is 5.68. The fourth-order valence-electron chi connectivity index (χ4n) is 2.05. The molecule has 2 rings (SSSR count). The summed E-state index contributed by atoms with van der Waals surface area (Å²) in [4.78, 5) is 15.8. The van der Waals surface area contributed by atoms with Crippen LogP contribution in [0.2, 0.25) is 0 Å². The fraction of sp³-hybridized carbons (Fsp3) is 0.500. The first kappa shape index (κ1) is 12.5. The monoisotopic (exact) mass is 250 g/mol. The number of nitrogens with zero attached hydrogens (tertiary/aromatic N) is 1. The van der Waals surface area contributed by atoms with E-state index >= 15 is 0 Å². The maximum absolute atomic E-state index is 11.5. The number of nitrogens with two attached hydrogens (primary N) is 1. The van der Waals surface area contributed by atoms with Crippen LogP contribution in [0.15, 0.2) is 27.8 Å². The summed E-state index contributed by atoms with van der Waals surface area (Å²) in [6, 6.07) is 3.13. The van der Waals surface area contributed by atoms with E-state index in [-0.39, 0.29) is 12.0 Å². The molecule has 1 aliphatic rings. The molecule has 1 heterocycles. The molecule has 0 spiro atoms. The Hall–Kier alpha value is -1.98. The van der Waals surface area contributed by atoms with E-state index < -0.39 is 6.03 Å². The molecule has 18 heavy (non-hydrogen) atoms. The Morgan fingerprint density at radius 1 is 1.39 bits per heavy atom. The highest BCUT2D eigenvalue weighted by atomic mass is 16.3. The third-order valence-corrected chi connectivity index (χ3v) is 2.90. The lowest BCUT2D eigenvalue weighted by Crippen LogP contribution is -2.40. The van der Waals surface area contributed by atoms with Crippen molar-refractivity contribution in [3.8, 4) is 0 Å².